The summed E-state index contributed by atoms with van der Waals surface area (Å²) >= 11 is 0. The normalized spacial score (nSPS) is 33.1. The summed E-state index contributed by atoms with van der Waals surface area (Å²) in [6, 6.07) is -11.0. The van der Waals surface area contributed by atoms with E-state index in [0.717, 1.165) is 24.5 Å². The number of carbonyl (C=O) groups is 12. The van der Waals surface area contributed by atoms with Crippen molar-refractivity contribution in [2.45, 2.75) is 261 Å². The molecule has 7 aliphatic rings. The van der Waals surface area contributed by atoms with Crippen LogP contribution in [0, 0.1) is 47.3 Å². The van der Waals surface area contributed by atoms with Crippen molar-refractivity contribution in [2.75, 3.05) is 82.6 Å². The summed E-state index contributed by atoms with van der Waals surface area (Å²) in [4.78, 5) is 190. The molecule has 105 heavy (non-hydrogen) atoms. The van der Waals surface area contributed by atoms with E-state index in [1.165, 1.54) is 76.0 Å². The van der Waals surface area contributed by atoms with E-state index >= 15 is 37.5 Å². The van der Waals surface area contributed by atoms with Crippen LogP contribution in [0.4, 0.5) is 35.1 Å². The Balaban J connectivity index is 1.31. The number of carbonyl (C=O) groups excluding carboxylic acids is 12. The third kappa shape index (κ3) is 20.1. The maximum Gasteiger partial charge on any atom is 0.397 e. The zero-order valence-corrected chi connectivity index (χ0v) is 63.4. The van der Waals surface area contributed by atoms with Crippen molar-refractivity contribution in [1.29, 1.82) is 0 Å². The minimum absolute atomic E-state index is 0.00678. The van der Waals surface area contributed by atoms with Crippen molar-refractivity contribution in [3.05, 3.63) is 0 Å². The first-order chi connectivity index (χ1) is 49.1. The molecule has 4 aliphatic carbocycles. The van der Waals surface area contributed by atoms with E-state index in [2.05, 4.69) is 16.0 Å². The predicted molar refractivity (Wildman–Crippen MR) is 370 cm³/mol. The molecular formula is C73H114F8N12O12. The Kier molecular flexibility index (Phi) is 29.1. The summed E-state index contributed by atoms with van der Waals surface area (Å²) in [5, 5.41) is 8.43. The standard InChI is InChI=1S/C73H114F8N12O12/c1-14-41(3)60-68(103)87(9)40-58(96)89(11)53-33-42(4)43(5)38-93(67(53)102)55(36-44-24-27-47(28-25-44)72(76,77)78)66(101)86(8)39-56(94)82-50(29-26-45-34-48(74)59(49(75)35-45)73(79,80)81)64(99)92-32-20-23-52(92)63(98)84-71(30-18-19-31-71)70(105)91(13)61(46-21-16-17-22-46)69(104)90(12)54(65(100)85(6)7)37-57(95)88(10)51(15-2)62(97)83-60/h41-55,59-61H,14-40H2,1-13H3,(H,82,94)(H,83,97)(H,84,98)/t41-,42+,43-,44?,45?,47?,48?,49?,50-,51-,52-,53-,54-,55-,59?,60-,61-/m0/s1. The Bertz CT molecular complexity index is 3120. The van der Waals surface area contributed by atoms with E-state index < -0.39 is 224 Å². The van der Waals surface area contributed by atoms with E-state index in [9.17, 15) is 55.1 Å². The van der Waals surface area contributed by atoms with Gasteiger partial charge in [0, 0.05) is 69.5 Å². The van der Waals surface area contributed by atoms with Crippen molar-refractivity contribution >= 4 is 70.9 Å². The van der Waals surface area contributed by atoms with Crippen LogP contribution in [-0.2, 0) is 57.5 Å². The zero-order valence-electron chi connectivity index (χ0n) is 63.4. The lowest BCUT2D eigenvalue weighted by atomic mass is 9.76. The van der Waals surface area contributed by atoms with Gasteiger partial charge < -0.3 is 60.0 Å². The fourth-order valence-corrected chi connectivity index (χ4v) is 17.3. The maximum absolute atomic E-state index is 15.5. The second-order valence-corrected chi connectivity index (χ2v) is 31.8. The quantitative estimate of drug-likeness (QED) is 0.200. The van der Waals surface area contributed by atoms with Crippen molar-refractivity contribution in [1.82, 2.24) is 60.0 Å². The van der Waals surface area contributed by atoms with Crippen molar-refractivity contribution in [2.24, 2.45) is 47.3 Å². The molecule has 7 rings (SSSR count). The molecule has 3 aliphatic heterocycles. The lowest BCUT2D eigenvalue weighted by molar-refractivity contribution is -0.219. The maximum atomic E-state index is 15.5. The number of halogens is 8. The molecule has 0 radical (unpaired) electrons. The SMILES string of the molecule is CC[C@H](C)[C@@H]1NC(=O)[C@H](CC)N(C)C(=O)C[C@@H](C(=O)N(C)C)N(C)C(=O)[C@H](C2CCCC2)N(C)C(=O)C2(CCCC2)NC(=O)[C@@H]2CCCN2C(=O)[C@H](CCC2CC(F)C(C(F)(F)F)C(F)C2)NC(=O)CN(C)C(=O)[C@H](CC2CCC(C(F)(F)F)CC2)N2C[C@H](C)[C@H](C)C[C@@H](C2=O)N(C)C(=O)CN(C)C1=O. The average molecular weight is 1500 g/mol. The molecule has 594 valence electrons. The van der Waals surface area contributed by atoms with Crippen LogP contribution in [0.5, 0.6) is 0 Å². The van der Waals surface area contributed by atoms with E-state index in [1.54, 1.807) is 20.8 Å². The summed E-state index contributed by atoms with van der Waals surface area (Å²) in [5.41, 5.74) is -1.66. The van der Waals surface area contributed by atoms with Crippen molar-refractivity contribution in [3.63, 3.8) is 0 Å². The Hall–Kier alpha value is -6.92. The number of likely N-dealkylation sites (N-methyl/N-ethyl adjacent to an activating group) is 7. The number of nitrogens with zero attached hydrogens (tertiary/aromatic N) is 9. The molecule has 3 N–H and O–H groups in total. The van der Waals surface area contributed by atoms with Gasteiger partial charge in [0.15, 0.2) is 0 Å². The minimum Gasteiger partial charge on any atom is -0.347 e. The first kappa shape index (κ1) is 85.3. The number of fused-ring (bicyclic) bond motifs is 3. The van der Waals surface area contributed by atoms with Crippen LogP contribution in [-0.4, -0.2) is 276 Å². The number of rotatable bonds is 10. The number of amides is 12. The second kappa shape index (κ2) is 35.9. The van der Waals surface area contributed by atoms with Gasteiger partial charge in [-0.2, -0.15) is 26.3 Å². The van der Waals surface area contributed by atoms with E-state index in [-0.39, 0.29) is 102 Å². The van der Waals surface area contributed by atoms with Crippen LogP contribution in [0.3, 0.4) is 0 Å². The highest BCUT2D eigenvalue weighted by atomic mass is 19.4. The molecule has 2 bridgehead atoms. The minimum atomic E-state index is -5.20. The Morgan fingerprint density at radius 3 is 1.75 bits per heavy atom. The molecule has 12 amide bonds. The average Bonchev–Trinajstić information content (AvgIpc) is 1.74. The molecule has 0 aromatic rings. The summed E-state index contributed by atoms with van der Waals surface area (Å²) in [6.07, 6.45) is -14.4. The molecule has 0 aromatic heterocycles. The Labute approximate surface area is 612 Å². The van der Waals surface area contributed by atoms with Gasteiger partial charge >= 0.3 is 12.4 Å². The van der Waals surface area contributed by atoms with E-state index in [1.807, 2.05) is 13.8 Å². The van der Waals surface area contributed by atoms with Crippen LogP contribution in [0.15, 0.2) is 0 Å². The van der Waals surface area contributed by atoms with Crippen LogP contribution < -0.4 is 16.0 Å². The number of alkyl halides is 8. The van der Waals surface area contributed by atoms with Crippen LogP contribution in [0.25, 0.3) is 0 Å². The largest absolute Gasteiger partial charge is 0.397 e. The number of nitrogens with one attached hydrogen (secondary N) is 3. The van der Waals surface area contributed by atoms with Gasteiger partial charge in [-0.1, -0.05) is 66.7 Å². The van der Waals surface area contributed by atoms with Gasteiger partial charge in [0.25, 0.3) is 0 Å². The monoisotopic (exact) mass is 1500 g/mol. The third-order valence-corrected chi connectivity index (χ3v) is 24.4. The molecule has 32 heteroatoms. The smallest absolute Gasteiger partial charge is 0.347 e. The molecule has 1 spiro atoms. The molecule has 4 saturated carbocycles. The van der Waals surface area contributed by atoms with Crippen LogP contribution in [0.2, 0.25) is 0 Å². The fourth-order valence-electron chi connectivity index (χ4n) is 17.3. The molecular weight excluding hydrogens is 1390 g/mol. The molecule has 13 atom stereocenters. The molecule has 3 heterocycles. The second-order valence-electron chi connectivity index (χ2n) is 31.8. The zero-order chi connectivity index (χ0) is 78.2. The van der Waals surface area contributed by atoms with Gasteiger partial charge in [-0.15, -0.1) is 0 Å². The van der Waals surface area contributed by atoms with Crippen LogP contribution >= 0.6 is 0 Å². The topological polar surface area (TPSA) is 270 Å². The van der Waals surface area contributed by atoms with E-state index in [0.29, 0.717) is 44.9 Å². The molecule has 2 unspecified atom stereocenters. The third-order valence-electron chi connectivity index (χ3n) is 24.4. The van der Waals surface area contributed by atoms with Gasteiger partial charge in [0.05, 0.1) is 25.4 Å². The summed E-state index contributed by atoms with van der Waals surface area (Å²) < 4.78 is 115. The first-order valence-corrected chi connectivity index (χ1v) is 37.8. The number of hydrogen-bond acceptors (Lipinski definition) is 12. The van der Waals surface area contributed by atoms with Gasteiger partial charge in [-0.3, -0.25) is 57.5 Å². The Morgan fingerprint density at radius 2 is 1.19 bits per heavy atom. The molecule has 3 saturated heterocycles. The highest BCUT2D eigenvalue weighted by Gasteiger charge is 2.56. The highest BCUT2D eigenvalue weighted by Crippen LogP contribution is 2.46. The van der Waals surface area contributed by atoms with Crippen LogP contribution in [0.1, 0.15) is 182 Å². The van der Waals surface area contributed by atoms with Gasteiger partial charge in [-0.05, 0) is 145 Å². The van der Waals surface area contributed by atoms with Gasteiger partial charge in [0.1, 0.15) is 72.1 Å². The number of hydrogen-bond donors (Lipinski definition) is 3. The van der Waals surface area contributed by atoms with Crippen molar-refractivity contribution in [3.8, 4) is 0 Å². The lowest BCUT2D eigenvalue weighted by Crippen LogP contribution is -2.65. The van der Waals surface area contributed by atoms with Gasteiger partial charge in [-0.25, -0.2) is 8.78 Å². The summed E-state index contributed by atoms with van der Waals surface area (Å²) in [5.74, 6) is -17.0. The summed E-state index contributed by atoms with van der Waals surface area (Å²) in [6.45, 7) is 7.12. The molecule has 24 nitrogen and oxygen atoms in total. The lowest BCUT2D eigenvalue weighted by Gasteiger charge is -2.42. The van der Waals surface area contributed by atoms with Crippen molar-refractivity contribution < 1.29 is 92.7 Å². The summed E-state index contributed by atoms with van der Waals surface area (Å²) in [7, 11) is 10.9. The molecule has 0 aromatic carbocycles. The van der Waals surface area contributed by atoms with E-state index in [4.69, 9.17) is 0 Å². The Morgan fingerprint density at radius 1 is 0.590 bits per heavy atom. The predicted octanol–water partition coefficient (Wildman–Crippen LogP) is 6.42. The first-order valence-electron chi connectivity index (χ1n) is 37.8. The fraction of sp³-hybridized carbons (Fsp3) is 0.836. The van der Waals surface area contributed by atoms with Gasteiger partial charge in [0.2, 0.25) is 70.9 Å². The molecule has 7 fully saturated rings. The highest BCUT2D eigenvalue weighted by molar-refractivity contribution is 6.01.